The van der Waals surface area contributed by atoms with Crippen LogP contribution in [0.15, 0.2) is 40.9 Å². The molecule has 0 aliphatic carbocycles. The van der Waals surface area contributed by atoms with Gasteiger partial charge in [0, 0.05) is 23.7 Å². The number of halogens is 2. The van der Waals surface area contributed by atoms with E-state index in [9.17, 15) is 9.90 Å². The van der Waals surface area contributed by atoms with Crippen LogP contribution in [0.3, 0.4) is 0 Å². The van der Waals surface area contributed by atoms with Crippen molar-refractivity contribution in [1.82, 2.24) is 15.5 Å². The lowest BCUT2D eigenvalue weighted by molar-refractivity contribution is -0.137. The van der Waals surface area contributed by atoms with Crippen molar-refractivity contribution in [3.8, 4) is 34.3 Å². The number of nitrogens with one attached hydrogen (secondary N) is 1. The number of fused-ring (bicyclic) bond motifs is 1. The van der Waals surface area contributed by atoms with Gasteiger partial charge in [-0.05, 0) is 38.1 Å². The van der Waals surface area contributed by atoms with E-state index in [2.05, 4.69) is 15.5 Å². The highest BCUT2D eigenvalue weighted by atomic mass is 35.5. The Hall–Kier alpha value is -2.81. The van der Waals surface area contributed by atoms with Gasteiger partial charge in [0.25, 0.3) is 5.89 Å². The van der Waals surface area contributed by atoms with Gasteiger partial charge in [-0.1, -0.05) is 28.9 Å². The number of hydrogen-bond donors (Lipinski definition) is 2. The SMILES string of the molecule is CC(C)Oc1ccc(-c2nc(-c3cccc4c3OCCNC4CC(=O)O)no2)cc1Cl.Cl. The number of nitrogens with zero attached hydrogens (tertiary/aromatic N) is 2. The zero-order chi connectivity index (χ0) is 22.0. The predicted octanol–water partition coefficient (Wildman–Crippen LogP) is 4.76. The molecule has 10 heteroatoms. The van der Waals surface area contributed by atoms with E-state index < -0.39 is 5.97 Å². The van der Waals surface area contributed by atoms with Crippen LogP contribution in [0.2, 0.25) is 5.02 Å². The maximum atomic E-state index is 11.3. The van der Waals surface area contributed by atoms with Crippen molar-refractivity contribution in [3.05, 3.63) is 47.0 Å². The molecule has 170 valence electrons. The van der Waals surface area contributed by atoms with Crippen molar-refractivity contribution in [3.63, 3.8) is 0 Å². The standard InChI is InChI=1S/C22H22ClN3O5.ClH/c1-12(2)30-18-7-6-13(10-16(18)23)22-25-21(26-31-22)15-5-3-4-14-17(11-19(27)28)24-8-9-29-20(14)15;/h3-7,10,12,17,24H,8-9,11H2,1-2H3,(H,27,28);1H. The van der Waals surface area contributed by atoms with E-state index in [0.717, 1.165) is 5.56 Å². The van der Waals surface area contributed by atoms with E-state index in [-0.39, 0.29) is 31.0 Å². The molecule has 0 spiro atoms. The normalized spacial score (nSPS) is 15.3. The third kappa shape index (κ3) is 5.15. The molecule has 1 aliphatic heterocycles. The van der Waals surface area contributed by atoms with Gasteiger partial charge in [-0.15, -0.1) is 12.4 Å². The number of carboxylic acid groups (broad SMARTS) is 1. The second kappa shape index (κ2) is 10.2. The van der Waals surface area contributed by atoms with Crippen LogP contribution >= 0.6 is 24.0 Å². The lowest BCUT2D eigenvalue weighted by atomic mass is 9.99. The third-order valence-corrected chi connectivity index (χ3v) is 5.04. The molecule has 2 heterocycles. The van der Waals surface area contributed by atoms with E-state index in [1.54, 1.807) is 18.2 Å². The lowest BCUT2D eigenvalue weighted by Crippen LogP contribution is -2.24. The number of ether oxygens (including phenoxy) is 2. The average Bonchev–Trinajstić information content (AvgIpc) is 3.12. The smallest absolute Gasteiger partial charge is 0.305 e. The number of carbonyl (C=O) groups is 1. The highest BCUT2D eigenvalue weighted by molar-refractivity contribution is 6.32. The molecule has 2 aromatic carbocycles. The molecule has 4 rings (SSSR count). The highest BCUT2D eigenvalue weighted by Crippen LogP contribution is 2.38. The van der Waals surface area contributed by atoms with Crippen molar-refractivity contribution in [2.75, 3.05) is 13.2 Å². The molecule has 1 unspecified atom stereocenters. The zero-order valence-corrected chi connectivity index (χ0v) is 19.1. The number of benzene rings is 2. The minimum absolute atomic E-state index is 0. The number of carboxylic acids is 1. The topological polar surface area (TPSA) is 107 Å². The Morgan fingerprint density at radius 3 is 2.88 bits per heavy atom. The quantitative estimate of drug-likeness (QED) is 0.520. The number of rotatable bonds is 6. The Morgan fingerprint density at radius 1 is 1.34 bits per heavy atom. The summed E-state index contributed by atoms with van der Waals surface area (Å²) in [5, 5.41) is 17.0. The molecule has 0 fully saturated rings. The van der Waals surface area contributed by atoms with Crippen LogP contribution in [-0.2, 0) is 4.79 Å². The van der Waals surface area contributed by atoms with Gasteiger partial charge in [0.05, 0.1) is 23.1 Å². The molecule has 32 heavy (non-hydrogen) atoms. The molecule has 8 nitrogen and oxygen atoms in total. The zero-order valence-electron chi connectivity index (χ0n) is 17.5. The first-order chi connectivity index (χ1) is 14.9. The fourth-order valence-electron chi connectivity index (χ4n) is 3.45. The van der Waals surface area contributed by atoms with Crippen molar-refractivity contribution in [2.45, 2.75) is 32.4 Å². The highest BCUT2D eigenvalue weighted by Gasteiger charge is 2.26. The first kappa shape index (κ1) is 23.8. The van der Waals surface area contributed by atoms with Crippen LogP contribution in [0.1, 0.15) is 31.9 Å². The van der Waals surface area contributed by atoms with Gasteiger partial charge in [-0.3, -0.25) is 4.79 Å². The number of aliphatic carboxylic acids is 1. The average molecular weight is 480 g/mol. The van der Waals surface area contributed by atoms with Gasteiger partial charge < -0.3 is 24.4 Å². The van der Waals surface area contributed by atoms with Gasteiger partial charge in [0.2, 0.25) is 5.82 Å². The molecule has 0 amide bonds. The molecule has 1 atom stereocenters. The largest absolute Gasteiger partial charge is 0.491 e. The number of para-hydroxylation sites is 1. The Kier molecular flexibility index (Phi) is 7.60. The van der Waals surface area contributed by atoms with Crippen molar-refractivity contribution >= 4 is 30.0 Å². The van der Waals surface area contributed by atoms with Gasteiger partial charge in [-0.25, -0.2) is 0 Å². The van der Waals surface area contributed by atoms with E-state index in [4.69, 9.17) is 25.6 Å². The summed E-state index contributed by atoms with van der Waals surface area (Å²) in [5.41, 5.74) is 2.05. The van der Waals surface area contributed by atoms with E-state index in [0.29, 0.717) is 52.5 Å². The third-order valence-electron chi connectivity index (χ3n) is 4.75. The fraction of sp³-hybridized carbons (Fsp3) is 0.318. The summed E-state index contributed by atoms with van der Waals surface area (Å²) in [6, 6.07) is 10.4. The molecule has 0 saturated carbocycles. The van der Waals surface area contributed by atoms with E-state index in [1.807, 2.05) is 32.0 Å². The monoisotopic (exact) mass is 479 g/mol. The van der Waals surface area contributed by atoms with Gasteiger partial charge in [0.1, 0.15) is 18.1 Å². The van der Waals surface area contributed by atoms with Crippen molar-refractivity contribution < 1.29 is 23.9 Å². The first-order valence-corrected chi connectivity index (χ1v) is 10.3. The molecule has 1 aliphatic rings. The van der Waals surface area contributed by atoms with Gasteiger partial charge >= 0.3 is 5.97 Å². The molecule has 2 N–H and O–H groups in total. The van der Waals surface area contributed by atoms with Crippen LogP contribution in [0.25, 0.3) is 22.8 Å². The molecule has 0 bridgehead atoms. The molecule has 0 radical (unpaired) electrons. The second-order valence-electron chi connectivity index (χ2n) is 7.41. The van der Waals surface area contributed by atoms with Crippen molar-refractivity contribution in [2.24, 2.45) is 0 Å². The number of aromatic nitrogens is 2. The van der Waals surface area contributed by atoms with Crippen LogP contribution in [0, 0.1) is 0 Å². The molecule has 3 aromatic rings. The summed E-state index contributed by atoms with van der Waals surface area (Å²) >= 11 is 6.33. The second-order valence-corrected chi connectivity index (χ2v) is 7.82. The molecular weight excluding hydrogens is 457 g/mol. The fourth-order valence-corrected chi connectivity index (χ4v) is 3.68. The first-order valence-electron chi connectivity index (χ1n) is 9.94. The summed E-state index contributed by atoms with van der Waals surface area (Å²) in [4.78, 5) is 15.8. The Bertz CT molecular complexity index is 1100. The van der Waals surface area contributed by atoms with Crippen molar-refractivity contribution in [1.29, 1.82) is 0 Å². The maximum absolute atomic E-state index is 11.3. The van der Waals surface area contributed by atoms with Crippen LogP contribution in [0.4, 0.5) is 0 Å². The minimum Gasteiger partial charge on any atom is -0.491 e. The molecule has 0 saturated heterocycles. The Balaban J connectivity index is 0.00000289. The summed E-state index contributed by atoms with van der Waals surface area (Å²) in [6.45, 7) is 4.79. The van der Waals surface area contributed by atoms with E-state index >= 15 is 0 Å². The van der Waals surface area contributed by atoms with Crippen LogP contribution in [-0.4, -0.2) is 40.5 Å². The summed E-state index contributed by atoms with van der Waals surface area (Å²) in [7, 11) is 0. The minimum atomic E-state index is -0.889. The summed E-state index contributed by atoms with van der Waals surface area (Å²) < 4.78 is 17.0. The molecular formula is C22H23Cl2N3O5. The number of hydrogen-bond acceptors (Lipinski definition) is 7. The summed E-state index contributed by atoms with van der Waals surface area (Å²) in [5.74, 6) is 0.906. The Morgan fingerprint density at radius 2 is 2.16 bits per heavy atom. The predicted molar refractivity (Wildman–Crippen MR) is 122 cm³/mol. The van der Waals surface area contributed by atoms with Gasteiger partial charge in [0.15, 0.2) is 0 Å². The van der Waals surface area contributed by atoms with E-state index in [1.165, 1.54) is 0 Å². The lowest BCUT2D eigenvalue weighted by Gasteiger charge is -2.16. The summed E-state index contributed by atoms with van der Waals surface area (Å²) in [6.07, 6.45) is -0.0493. The van der Waals surface area contributed by atoms with Crippen LogP contribution < -0.4 is 14.8 Å². The maximum Gasteiger partial charge on any atom is 0.305 e. The molecule has 1 aromatic heterocycles. The van der Waals surface area contributed by atoms with Gasteiger partial charge in [-0.2, -0.15) is 4.98 Å². The Labute approximate surface area is 196 Å². The van der Waals surface area contributed by atoms with Crippen LogP contribution in [0.5, 0.6) is 11.5 Å².